The molecule has 1 aromatic rings. The van der Waals surface area contributed by atoms with Crippen molar-refractivity contribution in [2.24, 2.45) is 5.92 Å². The molecule has 2 aliphatic rings. The summed E-state index contributed by atoms with van der Waals surface area (Å²) in [7, 11) is 0. The van der Waals surface area contributed by atoms with Gasteiger partial charge in [0.1, 0.15) is 18.3 Å². The number of aromatic hydroxyl groups is 3. The van der Waals surface area contributed by atoms with Crippen LogP contribution in [0.4, 0.5) is 0 Å². The van der Waals surface area contributed by atoms with E-state index in [1.807, 2.05) is 0 Å². The minimum absolute atomic E-state index is 0.606. The fourth-order valence-electron chi connectivity index (χ4n) is 4.16. The first kappa shape index (κ1) is 26.9. The normalized spacial score (nSPS) is 30.6. The molecule has 9 N–H and O–H groups in total. The molecule has 8 atom stereocenters. The Morgan fingerprint density at radius 3 is 2.22 bits per heavy atom. The summed E-state index contributed by atoms with van der Waals surface area (Å²) in [6, 6.07) is 0.606. The number of rotatable bonds is 7. The van der Waals surface area contributed by atoms with Crippen LogP contribution < -0.4 is 0 Å². The minimum Gasteiger partial charge on any atom is -0.504 e. The first-order valence-electron chi connectivity index (χ1n) is 10.2. The van der Waals surface area contributed by atoms with Gasteiger partial charge in [-0.25, -0.2) is 9.59 Å². The summed E-state index contributed by atoms with van der Waals surface area (Å²) in [4.78, 5) is 48.9. The van der Waals surface area contributed by atoms with Crippen LogP contribution in [-0.4, -0.2) is 113 Å². The highest BCUT2D eigenvalue weighted by Crippen LogP contribution is 2.49. The summed E-state index contributed by atoms with van der Waals surface area (Å²) >= 11 is 0. The number of carbonyl (C=O) groups excluding carboxylic acids is 2. The highest BCUT2D eigenvalue weighted by Gasteiger charge is 2.52. The van der Waals surface area contributed by atoms with Crippen LogP contribution in [0.2, 0.25) is 0 Å². The molecule has 198 valence electrons. The minimum atomic E-state index is -2.29. The Hall–Kier alpha value is -3.70. The van der Waals surface area contributed by atoms with Gasteiger partial charge in [0.05, 0.1) is 30.4 Å². The standard InChI is InChI=1S/C20H22O16/c21-3-7-12(26)16(14(28)20(33)34-7)36-19(32)5(2-8(23)24)10-9-4(1-6(22)11(25)13(9)27)18(31)35-15(10)17(29)30/h1,5,7,10,12,14-16,20-22,25-28,33H,2-3H2,(H,23,24)(H,29,30)/t5-,7+,10-,12+,14+,15-,16-,20+/m0/s1. The monoisotopic (exact) mass is 518 g/mol. The van der Waals surface area contributed by atoms with Crippen molar-refractivity contribution in [2.75, 3.05) is 6.61 Å². The van der Waals surface area contributed by atoms with E-state index in [2.05, 4.69) is 0 Å². The SMILES string of the molecule is O=C(O)C[C@H](C(=O)O[C@@H]1[C@@H](O)[C@H](O)O[C@H](CO)[C@H]1O)[C@H]1c2c(cc(O)c(O)c2O)C(=O)O[C@@H]1C(=O)O. The lowest BCUT2D eigenvalue weighted by atomic mass is 9.76. The molecule has 3 rings (SSSR count). The zero-order valence-corrected chi connectivity index (χ0v) is 18.0. The van der Waals surface area contributed by atoms with Crippen molar-refractivity contribution in [2.45, 2.75) is 49.1 Å². The first-order valence-corrected chi connectivity index (χ1v) is 10.2. The molecule has 1 aromatic carbocycles. The van der Waals surface area contributed by atoms with Crippen LogP contribution in [0.1, 0.15) is 28.3 Å². The summed E-state index contributed by atoms with van der Waals surface area (Å²) in [5.41, 5.74) is -1.42. The lowest BCUT2D eigenvalue weighted by Gasteiger charge is -2.40. The molecule has 1 saturated heterocycles. The Balaban J connectivity index is 2.11. The van der Waals surface area contributed by atoms with Crippen LogP contribution in [0.25, 0.3) is 0 Å². The Labute approximate surface area is 200 Å². The van der Waals surface area contributed by atoms with Crippen molar-refractivity contribution in [3.05, 3.63) is 17.2 Å². The quantitative estimate of drug-likeness (QED) is 0.128. The van der Waals surface area contributed by atoms with Gasteiger partial charge in [0, 0.05) is 5.56 Å². The Kier molecular flexibility index (Phi) is 7.56. The van der Waals surface area contributed by atoms with Gasteiger partial charge in [0.15, 0.2) is 23.9 Å². The molecule has 2 heterocycles. The number of carboxylic acids is 2. The number of carboxylic acid groups (broad SMARTS) is 2. The largest absolute Gasteiger partial charge is 0.504 e. The summed E-state index contributed by atoms with van der Waals surface area (Å²) in [5.74, 6) is -14.1. The number of hydrogen-bond acceptors (Lipinski definition) is 14. The molecule has 0 amide bonds. The molecule has 0 aromatic heterocycles. The van der Waals surface area contributed by atoms with E-state index in [0.29, 0.717) is 6.07 Å². The maximum absolute atomic E-state index is 13.1. The second kappa shape index (κ2) is 10.1. The van der Waals surface area contributed by atoms with Crippen molar-refractivity contribution < 1.29 is 79.3 Å². The molecular formula is C20H22O16. The average Bonchev–Trinajstić information content (AvgIpc) is 2.81. The van der Waals surface area contributed by atoms with Crippen LogP contribution in [0.15, 0.2) is 6.07 Å². The van der Waals surface area contributed by atoms with Gasteiger partial charge in [-0.1, -0.05) is 0 Å². The predicted octanol–water partition coefficient (Wildman–Crippen LogP) is -3.06. The number of ether oxygens (including phenoxy) is 3. The zero-order valence-electron chi connectivity index (χ0n) is 18.0. The predicted molar refractivity (Wildman–Crippen MR) is 107 cm³/mol. The molecule has 0 radical (unpaired) electrons. The number of phenols is 3. The van der Waals surface area contributed by atoms with Gasteiger partial charge in [-0.15, -0.1) is 0 Å². The van der Waals surface area contributed by atoms with Gasteiger partial charge < -0.3 is 60.2 Å². The van der Waals surface area contributed by atoms with E-state index < -0.39 is 114 Å². The van der Waals surface area contributed by atoms with Gasteiger partial charge in [0.25, 0.3) is 0 Å². The molecule has 0 unspecified atom stereocenters. The number of fused-ring (bicyclic) bond motifs is 1. The van der Waals surface area contributed by atoms with Crippen molar-refractivity contribution in [3.8, 4) is 17.2 Å². The highest BCUT2D eigenvalue weighted by molar-refractivity contribution is 5.98. The fourth-order valence-corrected chi connectivity index (χ4v) is 4.16. The molecule has 2 aliphatic heterocycles. The van der Waals surface area contributed by atoms with E-state index in [-0.39, 0.29) is 0 Å². The van der Waals surface area contributed by atoms with Crippen LogP contribution >= 0.6 is 0 Å². The molecule has 0 bridgehead atoms. The third-order valence-corrected chi connectivity index (χ3v) is 5.87. The fraction of sp³-hybridized carbons (Fsp3) is 0.500. The molecule has 36 heavy (non-hydrogen) atoms. The van der Waals surface area contributed by atoms with Crippen molar-refractivity contribution in [3.63, 3.8) is 0 Å². The molecule has 1 fully saturated rings. The maximum atomic E-state index is 13.1. The van der Waals surface area contributed by atoms with Gasteiger partial charge >= 0.3 is 23.9 Å². The van der Waals surface area contributed by atoms with Gasteiger partial charge in [-0.2, -0.15) is 0 Å². The summed E-state index contributed by atoms with van der Waals surface area (Å²) in [6.45, 7) is -0.888. The lowest BCUT2D eigenvalue weighted by Crippen LogP contribution is -2.60. The van der Waals surface area contributed by atoms with Crippen LogP contribution in [0, 0.1) is 5.92 Å². The smallest absolute Gasteiger partial charge is 0.345 e. The molecule has 0 aliphatic carbocycles. The number of aliphatic carboxylic acids is 2. The number of cyclic esters (lactones) is 1. The molecule has 16 heteroatoms. The van der Waals surface area contributed by atoms with E-state index in [1.165, 1.54) is 0 Å². The number of phenolic OH excluding ortho intramolecular Hbond substituents is 3. The summed E-state index contributed by atoms with van der Waals surface area (Å²) in [6.07, 6.45) is -13.1. The van der Waals surface area contributed by atoms with E-state index >= 15 is 0 Å². The number of carbonyl (C=O) groups is 4. The van der Waals surface area contributed by atoms with Crippen molar-refractivity contribution in [1.82, 2.24) is 0 Å². The molecule has 16 nitrogen and oxygen atoms in total. The van der Waals surface area contributed by atoms with E-state index in [4.69, 9.17) is 14.2 Å². The van der Waals surface area contributed by atoms with Crippen LogP contribution in [0.5, 0.6) is 17.2 Å². The number of esters is 2. The van der Waals surface area contributed by atoms with Gasteiger partial charge in [-0.05, 0) is 6.07 Å². The van der Waals surface area contributed by atoms with Crippen LogP contribution in [0.3, 0.4) is 0 Å². The topological polar surface area (TPSA) is 278 Å². The highest BCUT2D eigenvalue weighted by atomic mass is 16.7. The maximum Gasteiger partial charge on any atom is 0.345 e. The average molecular weight is 518 g/mol. The van der Waals surface area contributed by atoms with E-state index in [0.717, 1.165) is 0 Å². The second-order valence-corrected chi connectivity index (χ2v) is 8.08. The zero-order chi connectivity index (χ0) is 27.1. The summed E-state index contributed by atoms with van der Waals surface area (Å²) in [5, 5.41) is 88.5. The Morgan fingerprint density at radius 2 is 1.67 bits per heavy atom. The summed E-state index contributed by atoms with van der Waals surface area (Å²) < 4.78 is 14.6. The Bertz CT molecular complexity index is 1070. The molecule has 0 saturated carbocycles. The number of aliphatic hydroxyl groups excluding tert-OH is 4. The number of hydrogen-bond donors (Lipinski definition) is 9. The van der Waals surface area contributed by atoms with Gasteiger partial charge in [0.2, 0.25) is 11.9 Å². The van der Waals surface area contributed by atoms with Crippen LogP contribution in [-0.2, 0) is 28.6 Å². The molecule has 0 spiro atoms. The third kappa shape index (κ3) is 4.71. The number of benzene rings is 1. The van der Waals surface area contributed by atoms with Crippen molar-refractivity contribution in [1.29, 1.82) is 0 Å². The van der Waals surface area contributed by atoms with Gasteiger partial charge in [-0.3, -0.25) is 9.59 Å². The lowest BCUT2D eigenvalue weighted by molar-refractivity contribution is -0.290. The van der Waals surface area contributed by atoms with E-state index in [9.17, 15) is 65.1 Å². The van der Waals surface area contributed by atoms with E-state index in [1.54, 1.807) is 0 Å². The van der Waals surface area contributed by atoms with Crippen molar-refractivity contribution >= 4 is 23.9 Å². The third-order valence-electron chi connectivity index (χ3n) is 5.87. The molecular weight excluding hydrogens is 496 g/mol. The second-order valence-electron chi connectivity index (χ2n) is 8.08. The number of aliphatic hydroxyl groups is 4. The Morgan fingerprint density at radius 1 is 1.03 bits per heavy atom. The first-order chi connectivity index (χ1) is 16.8.